The summed E-state index contributed by atoms with van der Waals surface area (Å²) in [7, 11) is -3.12. The standard InChI is InChI=1S/C20H31N3O3S/c1-3-4-15-27(25,26)23-13-11-22(12-14-23)19-9-7-18(8-10-19)21-20(24)16(2)17-5-6-17/h7-10,16-17H,3-6,11-15H2,1-2H3,(H,21,24). The van der Waals surface area contributed by atoms with Gasteiger partial charge in [0.2, 0.25) is 15.9 Å². The lowest BCUT2D eigenvalue weighted by Gasteiger charge is -2.35. The van der Waals surface area contributed by atoms with Gasteiger partial charge in [0, 0.05) is 43.5 Å². The van der Waals surface area contributed by atoms with Gasteiger partial charge in [-0.25, -0.2) is 8.42 Å². The molecule has 3 rings (SSSR count). The van der Waals surface area contributed by atoms with Gasteiger partial charge in [0.25, 0.3) is 0 Å². The van der Waals surface area contributed by atoms with Crippen molar-refractivity contribution < 1.29 is 13.2 Å². The number of benzene rings is 1. The molecule has 1 aliphatic heterocycles. The van der Waals surface area contributed by atoms with Crippen molar-refractivity contribution in [2.45, 2.75) is 39.5 Å². The minimum atomic E-state index is -3.12. The number of sulfonamides is 1. The smallest absolute Gasteiger partial charge is 0.227 e. The molecule has 1 heterocycles. The first-order chi connectivity index (χ1) is 12.9. The van der Waals surface area contributed by atoms with E-state index in [-0.39, 0.29) is 17.6 Å². The Hall–Kier alpha value is -1.60. The molecular formula is C20H31N3O3S. The summed E-state index contributed by atoms with van der Waals surface area (Å²) in [5.74, 6) is 0.967. The van der Waals surface area contributed by atoms with Crippen molar-refractivity contribution in [3.63, 3.8) is 0 Å². The van der Waals surface area contributed by atoms with E-state index < -0.39 is 10.0 Å². The summed E-state index contributed by atoms with van der Waals surface area (Å²) in [6.07, 6.45) is 3.93. The average Bonchev–Trinajstić information content (AvgIpc) is 3.52. The molecule has 0 aromatic heterocycles. The molecule has 0 bridgehead atoms. The first-order valence-electron chi connectivity index (χ1n) is 10.0. The number of nitrogens with one attached hydrogen (secondary N) is 1. The van der Waals surface area contributed by atoms with Crippen LogP contribution in [0.1, 0.15) is 39.5 Å². The molecule has 1 aromatic carbocycles. The molecule has 0 radical (unpaired) electrons. The van der Waals surface area contributed by atoms with Crippen molar-refractivity contribution in [3.8, 4) is 0 Å². The molecule has 1 aliphatic carbocycles. The van der Waals surface area contributed by atoms with Gasteiger partial charge in [-0.05, 0) is 49.4 Å². The minimum Gasteiger partial charge on any atom is -0.369 e. The molecule has 1 N–H and O–H groups in total. The Morgan fingerprint density at radius 1 is 1.15 bits per heavy atom. The van der Waals surface area contributed by atoms with Gasteiger partial charge in [0.1, 0.15) is 0 Å². The van der Waals surface area contributed by atoms with Crippen LogP contribution in [0.2, 0.25) is 0 Å². The molecule has 150 valence electrons. The molecule has 1 aromatic rings. The molecule has 0 spiro atoms. The number of hydrogen-bond donors (Lipinski definition) is 1. The Balaban J connectivity index is 1.52. The number of nitrogens with zero attached hydrogens (tertiary/aromatic N) is 2. The van der Waals surface area contributed by atoms with E-state index in [9.17, 15) is 13.2 Å². The molecule has 2 fully saturated rings. The summed E-state index contributed by atoms with van der Waals surface area (Å²) < 4.78 is 26.2. The molecule has 6 nitrogen and oxygen atoms in total. The van der Waals surface area contributed by atoms with E-state index in [1.165, 1.54) is 0 Å². The maximum Gasteiger partial charge on any atom is 0.227 e. The van der Waals surface area contributed by atoms with Gasteiger partial charge in [-0.1, -0.05) is 20.3 Å². The number of amides is 1. The van der Waals surface area contributed by atoms with Crippen molar-refractivity contribution in [2.75, 3.05) is 42.1 Å². The third kappa shape index (κ3) is 5.23. The van der Waals surface area contributed by atoms with Crippen LogP contribution in [-0.2, 0) is 14.8 Å². The van der Waals surface area contributed by atoms with Crippen LogP contribution in [0.15, 0.2) is 24.3 Å². The van der Waals surface area contributed by atoms with Crippen molar-refractivity contribution >= 4 is 27.3 Å². The van der Waals surface area contributed by atoms with Crippen LogP contribution in [0, 0.1) is 11.8 Å². The zero-order valence-electron chi connectivity index (χ0n) is 16.4. The van der Waals surface area contributed by atoms with Crippen molar-refractivity contribution in [2.24, 2.45) is 11.8 Å². The fraction of sp³-hybridized carbons (Fsp3) is 0.650. The van der Waals surface area contributed by atoms with Gasteiger partial charge in [-0.3, -0.25) is 4.79 Å². The van der Waals surface area contributed by atoms with Crippen molar-refractivity contribution in [1.29, 1.82) is 0 Å². The third-order valence-corrected chi connectivity index (χ3v) is 7.59. The van der Waals surface area contributed by atoms with Crippen LogP contribution in [0.4, 0.5) is 11.4 Å². The van der Waals surface area contributed by atoms with Gasteiger partial charge in [0.15, 0.2) is 0 Å². The largest absolute Gasteiger partial charge is 0.369 e. The number of rotatable bonds is 8. The lowest BCUT2D eigenvalue weighted by Crippen LogP contribution is -2.49. The normalized spacial score (nSPS) is 19.7. The molecule has 1 atom stereocenters. The van der Waals surface area contributed by atoms with Gasteiger partial charge >= 0.3 is 0 Å². The Bertz CT molecular complexity index is 736. The van der Waals surface area contributed by atoms with Gasteiger partial charge in [0.05, 0.1) is 5.75 Å². The topological polar surface area (TPSA) is 69.7 Å². The van der Waals surface area contributed by atoms with Crippen LogP contribution < -0.4 is 10.2 Å². The number of hydrogen-bond acceptors (Lipinski definition) is 4. The lowest BCUT2D eigenvalue weighted by molar-refractivity contribution is -0.119. The molecule has 1 unspecified atom stereocenters. The molecule has 2 aliphatic rings. The molecule has 7 heteroatoms. The number of carbonyl (C=O) groups excluding carboxylic acids is 1. The summed E-state index contributed by atoms with van der Waals surface area (Å²) in [5.41, 5.74) is 1.88. The maximum atomic E-state index is 12.3. The maximum absolute atomic E-state index is 12.3. The average molecular weight is 394 g/mol. The first kappa shape index (κ1) is 20.1. The lowest BCUT2D eigenvalue weighted by atomic mass is 10.1. The highest BCUT2D eigenvalue weighted by atomic mass is 32.2. The van der Waals surface area contributed by atoms with Crippen molar-refractivity contribution in [3.05, 3.63) is 24.3 Å². The van der Waals surface area contributed by atoms with E-state index in [1.807, 2.05) is 38.1 Å². The van der Waals surface area contributed by atoms with Crippen LogP contribution in [0.25, 0.3) is 0 Å². The molecule has 1 saturated carbocycles. The SMILES string of the molecule is CCCCS(=O)(=O)N1CCN(c2ccc(NC(=O)C(C)C3CC3)cc2)CC1. The van der Waals surface area contributed by atoms with E-state index in [1.54, 1.807) is 4.31 Å². The van der Waals surface area contributed by atoms with Crippen molar-refractivity contribution in [1.82, 2.24) is 4.31 Å². The summed E-state index contributed by atoms with van der Waals surface area (Å²) in [6.45, 7) is 6.44. The number of anilines is 2. The van der Waals surface area contributed by atoms with E-state index >= 15 is 0 Å². The van der Waals surface area contributed by atoms with E-state index in [0.29, 0.717) is 32.1 Å². The second kappa shape index (κ2) is 8.61. The van der Waals surface area contributed by atoms with Crippen LogP contribution in [-0.4, -0.2) is 50.6 Å². The predicted octanol–water partition coefficient (Wildman–Crippen LogP) is 2.92. The highest BCUT2D eigenvalue weighted by Gasteiger charge is 2.32. The van der Waals surface area contributed by atoms with Crippen LogP contribution in [0.3, 0.4) is 0 Å². The monoisotopic (exact) mass is 393 g/mol. The second-order valence-corrected chi connectivity index (χ2v) is 9.81. The first-order valence-corrected chi connectivity index (χ1v) is 11.7. The van der Waals surface area contributed by atoms with E-state index in [0.717, 1.165) is 37.1 Å². The van der Waals surface area contributed by atoms with Gasteiger partial charge < -0.3 is 10.2 Å². The molecule has 1 amide bonds. The van der Waals surface area contributed by atoms with Crippen LogP contribution in [0.5, 0.6) is 0 Å². The second-order valence-electron chi connectivity index (χ2n) is 7.72. The number of unbranched alkanes of at least 4 members (excludes halogenated alkanes) is 1. The van der Waals surface area contributed by atoms with Crippen LogP contribution >= 0.6 is 0 Å². The molecule has 27 heavy (non-hydrogen) atoms. The summed E-state index contributed by atoms with van der Waals surface area (Å²) in [5, 5.41) is 2.99. The minimum absolute atomic E-state index is 0.0763. The fourth-order valence-electron chi connectivity index (χ4n) is 3.50. The third-order valence-electron chi connectivity index (χ3n) is 5.63. The Kier molecular flexibility index (Phi) is 6.42. The zero-order valence-corrected chi connectivity index (χ0v) is 17.2. The summed E-state index contributed by atoms with van der Waals surface area (Å²) in [6, 6.07) is 7.85. The summed E-state index contributed by atoms with van der Waals surface area (Å²) >= 11 is 0. The number of piperazine rings is 1. The van der Waals surface area contributed by atoms with E-state index in [4.69, 9.17) is 0 Å². The molecule has 1 saturated heterocycles. The number of carbonyl (C=O) groups is 1. The quantitative estimate of drug-likeness (QED) is 0.737. The highest BCUT2D eigenvalue weighted by Crippen LogP contribution is 2.37. The predicted molar refractivity (Wildman–Crippen MR) is 109 cm³/mol. The van der Waals surface area contributed by atoms with Gasteiger partial charge in [-0.2, -0.15) is 4.31 Å². The Morgan fingerprint density at radius 2 is 1.78 bits per heavy atom. The summed E-state index contributed by atoms with van der Waals surface area (Å²) in [4.78, 5) is 14.4. The zero-order chi connectivity index (χ0) is 19.4. The van der Waals surface area contributed by atoms with E-state index in [2.05, 4.69) is 10.2 Å². The van der Waals surface area contributed by atoms with Gasteiger partial charge in [-0.15, -0.1) is 0 Å². The highest BCUT2D eigenvalue weighted by molar-refractivity contribution is 7.89. The Morgan fingerprint density at radius 3 is 2.33 bits per heavy atom. The fourth-order valence-corrected chi connectivity index (χ4v) is 5.13. The Labute approximate surface area is 163 Å². The molecular weight excluding hydrogens is 362 g/mol.